The second kappa shape index (κ2) is 15.6. The molecule has 0 radical (unpaired) electrons. The summed E-state index contributed by atoms with van der Waals surface area (Å²) in [6.07, 6.45) is 6.11. The number of aromatic nitrogens is 1. The van der Waals surface area contributed by atoms with Crippen LogP contribution in [0.3, 0.4) is 0 Å². The third-order valence-electron chi connectivity index (χ3n) is 7.04. The van der Waals surface area contributed by atoms with Gasteiger partial charge in [0.25, 0.3) is 0 Å². The maximum atomic E-state index is 13.7. The summed E-state index contributed by atoms with van der Waals surface area (Å²) in [5, 5.41) is 0. The molecule has 1 atom stereocenters. The minimum Gasteiger partial charge on any atom is -0.460 e. The molecule has 43 heavy (non-hydrogen) atoms. The first-order valence-electron chi connectivity index (χ1n) is 14.1. The van der Waals surface area contributed by atoms with Crippen LogP contribution < -0.4 is 4.84 Å². The van der Waals surface area contributed by atoms with E-state index >= 15 is 0 Å². The highest BCUT2D eigenvalue weighted by atomic mass is 32.1. The molecule has 0 fully saturated rings. The zero-order chi connectivity index (χ0) is 30.5. The van der Waals surface area contributed by atoms with Crippen LogP contribution >= 0.6 is 12.2 Å². The Morgan fingerprint density at radius 3 is 1.98 bits per heavy atom. The summed E-state index contributed by atoms with van der Waals surface area (Å²) in [5.41, 5.74) is -0.162. The Hall–Kier alpha value is -4.57. The van der Waals surface area contributed by atoms with Gasteiger partial charge in [0.05, 0.1) is 0 Å². The SMILES string of the molecule is O=C(O[C@H]1CCC/C=C\CC(C(=O)OCc2ccccc2)(C(=O)OCc2ccccc2)CC1)C(=O)On1ccccc1=S. The van der Waals surface area contributed by atoms with E-state index in [-0.39, 0.29) is 37.1 Å². The lowest BCUT2D eigenvalue weighted by Gasteiger charge is -2.30. The molecule has 0 N–H and O–H groups in total. The van der Waals surface area contributed by atoms with Gasteiger partial charge in [-0.25, -0.2) is 9.59 Å². The zero-order valence-electron chi connectivity index (χ0n) is 23.6. The van der Waals surface area contributed by atoms with Crippen molar-refractivity contribution in [2.24, 2.45) is 5.41 Å². The molecule has 0 aliphatic heterocycles. The molecule has 0 spiro atoms. The minimum absolute atomic E-state index is 0.0244. The lowest BCUT2D eigenvalue weighted by molar-refractivity contribution is -0.177. The monoisotopic (exact) mass is 603 g/mol. The molecule has 1 aliphatic rings. The second-order valence-electron chi connectivity index (χ2n) is 10.1. The van der Waals surface area contributed by atoms with Crippen molar-refractivity contribution in [3.8, 4) is 0 Å². The molecule has 2 aromatic carbocycles. The van der Waals surface area contributed by atoms with Crippen LogP contribution in [0, 0.1) is 10.1 Å². The Morgan fingerprint density at radius 1 is 0.767 bits per heavy atom. The average Bonchev–Trinajstić information content (AvgIpc) is 3.03. The Morgan fingerprint density at radius 2 is 1.37 bits per heavy atom. The summed E-state index contributed by atoms with van der Waals surface area (Å²) >= 11 is 5.10. The van der Waals surface area contributed by atoms with Gasteiger partial charge in [-0.05, 0) is 61.8 Å². The summed E-state index contributed by atoms with van der Waals surface area (Å²) in [6, 6.07) is 23.1. The van der Waals surface area contributed by atoms with Crippen LogP contribution in [-0.4, -0.2) is 34.7 Å². The highest BCUT2D eigenvalue weighted by Gasteiger charge is 2.48. The molecule has 0 unspecified atom stereocenters. The van der Waals surface area contributed by atoms with Crippen molar-refractivity contribution in [1.82, 2.24) is 4.73 Å². The van der Waals surface area contributed by atoms with Crippen LogP contribution in [0.1, 0.15) is 49.7 Å². The van der Waals surface area contributed by atoms with E-state index in [0.717, 1.165) is 15.9 Å². The molecule has 10 heteroatoms. The number of carbonyl (C=O) groups is 4. The van der Waals surface area contributed by atoms with Crippen LogP contribution in [0.2, 0.25) is 0 Å². The number of hydrogen-bond acceptors (Lipinski definition) is 9. The maximum absolute atomic E-state index is 13.7. The lowest BCUT2D eigenvalue weighted by atomic mass is 9.78. The molecular weight excluding hydrogens is 570 g/mol. The summed E-state index contributed by atoms with van der Waals surface area (Å²) in [5.74, 6) is -3.91. The first-order chi connectivity index (χ1) is 20.9. The third kappa shape index (κ3) is 8.96. The van der Waals surface area contributed by atoms with Crippen molar-refractivity contribution in [1.29, 1.82) is 0 Å². The van der Waals surface area contributed by atoms with Gasteiger partial charge in [-0.1, -0.05) is 91.1 Å². The fraction of sp³-hybridized carbons (Fsp3) is 0.303. The number of ether oxygens (including phenoxy) is 3. The molecule has 3 aromatic rings. The van der Waals surface area contributed by atoms with E-state index in [0.29, 0.717) is 19.3 Å². The molecule has 0 saturated carbocycles. The van der Waals surface area contributed by atoms with E-state index in [1.165, 1.54) is 12.3 Å². The van der Waals surface area contributed by atoms with E-state index in [1.54, 1.807) is 18.2 Å². The fourth-order valence-electron chi connectivity index (χ4n) is 4.63. The third-order valence-corrected chi connectivity index (χ3v) is 7.36. The van der Waals surface area contributed by atoms with Gasteiger partial charge >= 0.3 is 23.9 Å². The minimum atomic E-state index is -1.69. The zero-order valence-corrected chi connectivity index (χ0v) is 24.4. The predicted octanol–water partition coefficient (Wildman–Crippen LogP) is 5.47. The van der Waals surface area contributed by atoms with Crippen molar-refractivity contribution in [3.05, 3.63) is 113 Å². The first-order valence-corrected chi connectivity index (χ1v) is 14.5. The van der Waals surface area contributed by atoms with Gasteiger partial charge < -0.3 is 19.0 Å². The van der Waals surface area contributed by atoms with Crippen molar-refractivity contribution in [2.45, 2.75) is 57.8 Å². The average molecular weight is 604 g/mol. The van der Waals surface area contributed by atoms with Crippen LogP contribution in [0.25, 0.3) is 0 Å². The van der Waals surface area contributed by atoms with E-state index in [4.69, 9.17) is 31.3 Å². The van der Waals surface area contributed by atoms with Gasteiger partial charge in [0.15, 0.2) is 5.41 Å². The van der Waals surface area contributed by atoms with E-state index < -0.39 is 35.4 Å². The molecule has 9 nitrogen and oxygen atoms in total. The van der Waals surface area contributed by atoms with E-state index in [2.05, 4.69) is 0 Å². The van der Waals surface area contributed by atoms with Gasteiger partial charge in [-0.15, -0.1) is 0 Å². The Kier molecular flexibility index (Phi) is 11.4. The predicted molar refractivity (Wildman–Crippen MR) is 158 cm³/mol. The Bertz CT molecular complexity index is 1430. The number of carbonyl (C=O) groups excluding carboxylic acids is 4. The van der Waals surface area contributed by atoms with Crippen LogP contribution in [0.4, 0.5) is 0 Å². The number of benzene rings is 2. The van der Waals surface area contributed by atoms with Crippen LogP contribution in [0.5, 0.6) is 0 Å². The van der Waals surface area contributed by atoms with Crippen LogP contribution in [-0.2, 0) is 46.6 Å². The topological polar surface area (TPSA) is 110 Å². The summed E-state index contributed by atoms with van der Waals surface area (Å²) in [6.45, 7) is -0.0489. The molecule has 1 aromatic heterocycles. The number of allylic oxidation sites excluding steroid dienone is 2. The largest absolute Gasteiger partial charge is 0.460 e. The normalized spacial score (nSPS) is 17.1. The molecule has 224 valence electrons. The van der Waals surface area contributed by atoms with Crippen molar-refractivity contribution in [3.63, 3.8) is 0 Å². The molecular formula is C33H33NO8S. The molecule has 0 saturated heterocycles. The highest BCUT2D eigenvalue weighted by Crippen LogP contribution is 2.36. The smallest absolute Gasteiger partial charge is 0.442 e. The summed E-state index contributed by atoms with van der Waals surface area (Å²) < 4.78 is 18.1. The number of hydrogen-bond donors (Lipinski definition) is 0. The molecule has 4 rings (SSSR count). The van der Waals surface area contributed by atoms with Crippen molar-refractivity contribution in [2.75, 3.05) is 0 Å². The Balaban J connectivity index is 1.52. The summed E-state index contributed by atoms with van der Waals surface area (Å²) in [7, 11) is 0. The van der Waals surface area contributed by atoms with Gasteiger partial charge in [0, 0.05) is 6.20 Å². The molecule has 1 aliphatic carbocycles. The molecule has 1 heterocycles. The number of esters is 3. The number of rotatable bonds is 8. The maximum Gasteiger partial charge on any atom is 0.442 e. The van der Waals surface area contributed by atoms with Crippen LogP contribution in [0.15, 0.2) is 97.2 Å². The standard InChI is InChI=1S/C33H33NO8S/c35-29(30(36)42-34-22-12-10-18-28(34)43)41-27-17-9-1-2-11-20-33(21-19-27,31(37)39-23-25-13-5-3-6-14-25)32(38)40-24-26-15-7-4-8-16-26/h2-8,10-16,18,22,27H,1,9,17,19-21,23-24H2/b11-2-/t27-/m0/s1. The van der Waals surface area contributed by atoms with Crippen molar-refractivity contribution < 1.29 is 38.2 Å². The molecule has 0 bridgehead atoms. The van der Waals surface area contributed by atoms with Gasteiger partial charge in [0.2, 0.25) is 0 Å². The molecule has 0 amide bonds. The van der Waals surface area contributed by atoms with E-state index in [1.807, 2.05) is 66.7 Å². The second-order valence-corrected chi connectivity index (χ2v) is 10.5. The van der Waals surface area contributed by atoms with Gasteiger partial charge in [-0.2, -0.15) is 4.73 Å². The van der Waals surface area contributed by atoms with Gasteiger partial charge in [-0.3, -0.25) is 9.59 Å². The first kappa shape index (κ1) is 31.4. The quantitative estimate of drug-likeness (QED) is 0.0827. The van der Waals surface area contributed by atoms with Crippen molar-refractivity contribution >= 4 is 36.1 Å². The van der Waals surface area contributed by atoms with E-state index in [9.17, 15) is 19.2 Å². The number of nitrogens with zero attached hydrogens (tertiary/aromatic N) is 1. The van der Waals surface area contributed by atoms with Gasteiger partial charge in [0.1, 0.15) is 24.0 Å². The number of pyridine rings is 1. The fourth-order valence-corrected chi connectivity index (χ4v) is 4.80. The lowest BCUT2D eigenvalue weighted by Crippen LogP contribution is -2.43. The Labute approximate surface area is 255 Å². The highest BCUT2D eigenvalue weighted by molar-refractivity contribution is 7.71. The summed E-state index contributed by atoms with van der Waals surface area (Å²) in [4.78, 5) is 57.7.